The summed E-state index contributed by atoms with van der Waals surface area (Å²) in [5.74, 6) is -0.371. The van der Waals surface area contributed by atoms with Crippen LogP contribution in [0, 0.1) is 0 Å². The second-order valence-electron chi connectivity index (χ2n) is 3.11. The molecule has 1 rings (SSSR count). The van der Waals surface area contributed by atoms with Gasteiger partial charge < -0.3 is 16.2 Å². The van der Waals surface area contributed by atoms with Crippen LogP contribution >= 0.6 is 0 Å². The summed E-state index contributed by atoms with van der Waals surface area (Å²) >= 11 is 0. The first-order chi connectivity index (χ1) is 5.18. The monoisotopic (exact) mass is 158 g/mol. The molecule has 0 aliphatic heterocycles. The highest BCUT2D eigenvalue weighted by atomic mass is 16.3. The van der Waals surface area contributed by atoms with Gasteiger partial charge in [0.05, 0.1) is 13.2 Å². The van der Waals surface area contributed by atoms with Gasteiger partial charge in [-0.1, -0.05) is 0 Å². The molecule has 0 radical (unpaired) electrons. The van der Waals surface area contributed by atoms with Crippen LogP contribution in [0.4, 0.5) is 0 Å². The zero-order valence-electron chi connectivity index (χ0n) is 6.47. The van der Waals surface area contributed by atoms with E-state index < -0.39 is 0 Å². The summed E-state index contributed by atoms with van der Waals surface area (Å²) in [6.45, 7) is 0.265. The molecule has 4 N–H and O–H groups in total. The maximum absolute atomic E-state index is 10.4. The number of carbonyl (C=O) groups excluding carboxylic acids is 1. The minimum atomic E-state index is -0.371. The fourth-order valence-electron chi connectivity index (χ4n) is 1.27. The molecule has 0 bridgehead atoms. The summed E-state index contributed by atoms with van der Waals surface area (Å²) in [7, 11) is 0. The highest BCUT2D eigenvalue weighted by Crippen LogP contribution is 2.30. The predicted octanol–water partition coefficient (Wildman–Crippen LogP) is -1.02. The van der Waals surface area contributed by atoms with Gasteiger partial charge in [0.15, 0.2) is 0 Å². The Morgan fingerprint density at radius 2 is 2.27 bits per heavy atom. The molecule has 0 atom stereocenters. The van der Waals surface area contributed by atoms with E-state index in [0.717, 1.165) is 19.3 Å². The number of nitrogens with one attached hydrogen (secondary N) is 1. The highest BCUT2D eigenvalue weighted by Gasteiger charge is 2.35. The number of aliphatic hydroxyl groups excluding tert-OH is 1. The summed E-state index contributed by atoms with van der Waals surface area (Å²) in [4.78, 5) is 10.4. The van der Waals surface area contributed by atoms with Crippen LogP contribution in [-0.4, -0.2) is 29.7 Å². The molecule has 4 nitrogen and oxygen atoms in total. The second kappa shape index (κ2) is 3.19. The van der Waals surface area contributed by atoms with Gasteiger partial charge in [0, 0.05) is 5.54 Å². The Morgan fingerprint density at radius 1 is 1.64 bits per heavy atom. The smallest absolute Gasteiger partial charge is 0.231 e. The van der Waals surface area contributed by atoms with E-state index in [9.17, 15) is 4.79 Å². The lowest BCUT2D eigenvalue weighted by Gasteiger charge is -2.40. The molecular formula is C7H14N2O2. The topological polar surface area (TPSA) is 75.4 Å². The first-order valence-corrected chi connectivity index (χ1v) is 3.83. The van der Waals surface area contributed by atoms with Gasteiger partial charge in [0.1, 0.15) is 0 Å². The van der Waals surface area contributed by atoms with Gasteiger partial charge >= 0.3 is 0 Å². The Labute approximate surface area is 65.8 Å². The quantitative estimate of drug-likeness (QED) is 0.490. The minimum absolute atomic E-state index is 0.0975. The van der Waals surface area contributed by atoms with Gasteiger partial charge in [-0.25, -0.2) is 0 Å². The number of primary amides is 1. The molecule has 0 unspecified atom stereocenters. The Morgan fingerprint density at radius 3 is 2.55 bits per heavy atom. The predicted molar refractivity (Wildman–Crippen MR) is 40.9 cm³/mol. The van der Waals surface area contributed by atoms with E-state index in [1.165, 1.54) is 0 Å². The van der Waals surface area contributed by atoms with E-state index in [0.29, 0.717) is 0 Å². The fraction of sp³-hybridized carbons (Fsp3) is 0.857. The third kappa shape index (κ3) is 1.91. The van der Waals surface area contributed by atoms with Crippen LogP contribution in [-0.2, 0) is 4.79 Å². The van der Waals surface area contributed by atoms with Crippen molar-refractivity contribution in [3.05, 3.63) is 0 Å². The molecule has 1 amide bonds. The van der Waals surface area contributed by atoms with Gasteiger partial charge in [-0.3, -0.25) is 4.79 Å². The minimum Gasteiger partial charge on any atom is -0.394 e. The fourth-order valence-corrected chi connectivity index (χ4v) is 1.27. The van der Waals surface area contributed by atoms with Gasteiger partial charge in [-0.2, -0.15) is 0 Å². The first-order valence-electron chi connectivity index (χ1n) is 3.83. The van der Waals surface area contributed by atoms with Crippen molar-refractivity contribution < 1.29 is 9.90 Å². The zero-order valence-corrected chi connectivity index (χ0v) is 6.47. The molecule has 0 spiro atoms. The van der Waals surface area contributed by atoms with Crippen molar-refractivity contribution in [3.63, 3.8) is 0 Å². The molecule has 1 saturated carbocycles. The number of amides is 1. The lowest BCUT2D eigenvalue weighted by atomic mass is 9.77. The van der Waals surface area contributed by atoms with E-state index in [-0.39, 0.29) is 24.6 Å². The van der Waals surface area contributed by atoms with Crippen molar-refractivity contribution in [2.45, 2.75) is 24.8 Å². The summed E-state index contributed by atoms with van der Waals surface area (Å²) in [6, 6.07) is 0. The van der Waals surface area contributed by atoms with Gasteiger partial charge in [0.2, 0.25) is 5.91 Å². The van der Waals surface area contributed by atoms with E-state index >= 15 is 0 Å². The number of hydrogen-bond acceptors (Lipinski definition) is 3. The van der Waals surface area contributed by atoms with Gasteiger partial charge in [0.25, 0.3) is 0 Å². The van der Waals surface area contributed by atoms with Crippen LogP contribution in [0.3, 0.4) is 0 Å². The Hall–Kier alpha value is -0.610. The molecule has 11 heavy (non-hydrogen) atoms. The largest absolute Gasteiger partial charge is 0.394 e. The molecule has 1 aliphatic rings. The lowest BCUT2D eigenvalue weighted by Crippen LogP contribution is -2.55. The average molecular weight is 158 g/mol. The highest BCUT2D eigenvalue weighted by molar-refractivity contribution is 5.76. The van der Waals surface area contributed by atoms with Crippen LogP contribution in [0.1, 0.15) is 19.3 Å². The molecule has 1 fully saturated rings. The van der Waals surface area contributed by atoms with Crippen molar-refractivity contribution in [1.29, 1.82) is 0 Å². The zero-order chi connectivity index (χ0) is 8.32. The Balaban J connectivity index is 2.27. The number of rotatable bonds is 4. The summed E-state index contributed by atoms with van der Waals surface area (Å²) in [5, 5.41) is 11.9. The molecule has 4 heteroatoms. The van der Waals surface area contributed by atoms with Crippen molar-refractivity contribution >= 4 is 5.91 Å². The van der Waals surface area contributed by atoms with E-state index in [4.69, 9.17) is 10.8 Å². The van der Waals surface area contributed by atoms with Crippen LogP contribution in [0.2, 0.25) is 0 Å². The van der Waals surface area contributed by atoms with E-state index in [2.05, 4.69) is 5.32 Å². The van der Waals surface area contributed by atoms with Gasteiger partial charge in [-0.05, 0) is 19.3 Å². The van der Waals surface area contributed by atoms with Crippen LogP contribution in [0.25, 0.3) is 0 Å². The molecular weight excluding hydrogens is 144 g/mol. The number of aliphatic hydroxyl groups is 1. The maximum atomic E-state index is 10.4. The molecule has 0 aromatic heterocycles. The maximum Gasteiger partial charge on any atom is 0.231 e. The Kier molecular flexibility index (Phi) is 2.46. The SMILES string of the molecule is NC(=O)CNC1(CO)CCC1. The first kappa shape index (κ1) is 8.49. The van der Waals surface area contributed by atoms with E-state index in [1.807, 2.05) is 0 Å². The van der Waals surface area contributed by atoms with Crippen molar-refractivity contribution in [2.24, 2.45) is 5.73 Å². The van der Waals surface area contributed by atoms with Crippen LogP contribution in [0.5, 0.6) is 0 Å². The van der Waals surface area contributed by atoms with Crippen LogP contribution in [0.15, 0.2) is 0 Å². The van der Waals surface area contributed by atoms with Crippen molar-refractivity contribution in [3.8, 4) is 0 Å². The summed E-state index contributed by atoms with van der Waals surface area (Å²) < 4.78 is 0. The average Bonchev–Trinajstić information content (AvgIpc) is 1.86. The number of carbonyl (C=O) groups is 1. The molecule has 0 heterocycles. The lowest BCUT2D eigenvalue weighted by molar-refractivity contribution is -0.117. The molecule has 0 aromatic carbocycles. The second-order valence-corrected chi connectivity index (χ2v) is 3.11. The summed E-state index contributed by atoms with van der Waals surface area (Å²) in [6.07, 6.45) is 3.00. The third-order valence-corrected chi connectivity index (χ3v) is 2.25. The van der Waals surface area contributed by atoms with Crippen molar-refractivity contribution in [1.82, 2.24) is 5.32 Å². The van der Waals surface area contributed by atoms with Crippen LogP contribution < -0.4 is 11.1 Å². The molecule has 0 aromatic rings. The summed E-state index contributed by atoms with van der Waals surface area (Å²) in [5.41, 5.74) is 4.75. The third-order valence-electron chi connectivity index (χ3n) is 2.25. The number of nitrogens with two attached hydrogens (primary N) is 1. The molecule has 64 valence electrons. The molecule has 1 aliphatic carbocycles. The van der Waals surface area contributed by atoms with Crippen molar-refractivity contribution in [2.75, 3.05) is 13.2 Å². The standard InChI is InChI=1S/C7H14N2O2/c8-6(11)4-9-7(5-10)2-1-3-7/h9-10H,1-5H2,(H2,8,11). The normalized spacial score (nSPS) is 20.8. The Bertz CT molecular complexity index is 149. The number of hydrogen-bond donors (Lipinski definition) is 3. The van der Waals surface area contributed by atoms with Gasteiger partial charge in [-0.15, -0.1) is 0 Å². The molecule has 0 saturated heterocycles. The van der Waals surface area contributed by atoms with E-state index in [1.54, 1.807) is 0 Å².